The van der Waals surface area contributed by atoms with Gasteiger partial charge in [-0.1, -0.05) is 11.3 Å². The zero-order valence-corrected chi connectivity index (χ0v) is 9.09. The van der Waals surface area contributed by atoms with Crippen LogP contribution in [0.25, 0.3) is 0 Å². The van der Waals surface area contributed by atoms with Crippen molar-refractivity contribution in [2.24, 2.45) is 0 Å². The summed E-state index contributed by atoms with van der Waals surface area (Å²) in [5.74, 6) is 0. The summed E-state index contributed by atoms with van der Waals surface area (Å²) in [5, 5.41) is 15.7. The quantitative estimate of drug-likeness (QED) is 0.915. The summed E-state index contributed by atoms with van der Waals surface area (Å²) in [6.07, 6.45) is -2.94. The van der Waals surface area contributed by atoms with Gasteiger partial charge < -0.3 is 5.32 Å². The van der Waals surface area contributed by atoms with Crippen LogP contribution in [0, 0.1) is 0 Å². The summed E-state index contributed by atoms with van der Waals surface area (Å²) in [6, 6.07) is 3.39. The molecule has 17 heavy (non-hydrogen) atoms. The van der Waals surface area contributed by atoms with Crippen LogP contribution in [0.15, 0.2) is 18.3 Å². The Bertz CT molecular complexity index is 483. The Kier molecular flexibility index (Phi) is 3.18. The maximum atomic E-state index is 12.2. The minimum absolute atomic E-state index is 0.1000. The first-order chi connectivity index (χ1) is 8.05. The molecule has 0 unspecified atom stereocenters. The predicted octanol–water partition coefficient (Wildman–Crippen LogP) is 1.96. The molecule has 0 amide bonds. The van der Waals surface area contributed by atoms with E-state index in [1.165, 1.54) is 6.20 Å². The minimum Gasteiger partial charge on any atom is -0.354 e. The second-order valence-electron chi connectivity index (χ2n) is 2.98. The highest BCUT2D eigenvalue weighted by Crippen LogP contribution is 2.32. The fraction of sp³-hybridized carbons (Fsp3) is 0.250. The Morgan fingerprint density at radius 3 is 2.65 bits per heavy atom. The van der Waals surface area contributed by atoms with Crippen LogP contribution in [0.5, 0.6) is 0 Å². The van der Waals surface area contributed by atoms with E-state index < -0.39 is 11.2 Å². The van der Waals surface area contributed by atoms with E-state index in [1.54, 1.807) is 12.1 Å². The highest BCUT2D eigenvalue weighted by atomic mass is 32.1. The Labute approximate surface area is 97.7 Å². The van der Waals surface area contributed by atoms with Crippen molar-refractivity contribution in [3.05, 3.63) is 29.0 Å². The zero-order chi connectivity index (χ0) is 12.3. The van der Waals surface area contributed by atoms with Crippen LogP contribution in [0.2, 0.25) is 0 Å². The summed E-state index contributed by atoms with van der Waals surface area (Å²) in [7, 11) is 0. The standard InChI is InChI=1S/C8H6F3N5S/c9-8(10,11)6-15-16-7(17-6)12-4-5-2-1-3-13-14-5/h1-3H,4H2,(H,12,16). The molecule has 0 radical (unpaired) electrons. The molecule has 0 aliphatic carbocycles. The van der Waals surface area contributed by atoms with E-state index in [9.17, 15) is 13.2 Å². The molecular weight excluding hydrogens is 255 g/mol. The van der Waals surface area contributed by atoms with Crippen LogP contribution in [-0.2, 0) is 12.7 Å². The first-order valence-corrected chi connectivity index (χ1v) is 5.28. The SMILES string of the molecule is FC(F)(F)c1nnc(NCc2cccnn2)s1. The fourth-order valence-corrected chi connectivity index (χ4v) is 1.61. The van der Waals surface area contributed by atoms with Gasteiger partial charge >= 0.3 is 6.18 Å². The first kappa shape index (κ1) is 11.7. The lowest BCUT2D eigenvalue weighted by atomic mass is 10.4. The largest absolute Gasteiger partial charge is 0.445 e. The second-order valence-corrected chi connectivity index (χ2v) is 3.96. The van der Waals surface area contributed by atoms with Crippen molar-refractivity contribution in [3.63, 3.8) is 0 Å². The smallest absolute Gasteiger partial charge is 0.354 e. The van der Waals surface area contributed by atoms with Crippen LogP contribution in [0.1, 0.15) is 10.7 Å². The molecule has 5 nitrogen and oxygen atoms in total. The van der Waals surface area contributed by atoms with Crippen molar-refractivity contribution in [2.45, 2.75) is 12.7 Å². The summed E-state index contributed by atoms with van der Waals surface area (Å²) >= 11 is 0.453. The van der Waals surface area contributed by atoms with Crippen molar-refractivity contribution < 1.29 is 13.2 Å². The normalized spacial score (nSPS) is 11.5. The molecule has 2 aromatic rings. The Morgan fingerprint density at radius 1 is 1.24 bits per heavy atom. The van der Waals surface area contributed by atoms with E-state index in [0.717, 1.165) is 0 Å². The average Bonchev–Trinajstić information content (AvgIpc) is 2.76. The third kappa shape index (κ3) is 3.09. The van der Waals surface area contributed by atoms with Gasteiger partial charge in [-0.2, -0.15) is 23.4 Å². The Balaban J connectivity index is 1.99. The van der Waals surface area contributed by atoms with Gasteiger partial charge in [-0.15, -0.1) is 10.2 Å². The van der Waals surface area contributed by atoms with Crippen LogP contribution >= 0.6 is 11.3 Å². The lowest BCUT2D eigenvalue weighted by Crippen LogP contribution is -2.03. The van der Waals surface area contributed by atoms with Gasteiger partial charge in [-0.05, 0) is 12.1 Å². The number of aromatic nitrogens is 4. The van der Waals surface area contributed by atoms with Crippen molar-refractivity contribution in [2.75, 3.05) is 5.32 Å². The van der Waals surface area contributed by atoms with Gasteiger partial charge in [0.25, 0.3) is 0 Å². The van der Waals surface area contributed by atoms with Crippen LogP contribution in [0.4, 0.5) is 18.3 Å². The maximum absolute atomic E-state index is 12.2. The summed E-state index contributed by atoms with van der Waals surface area (Å²) in [6.45, 7) is 0.250. The molecule has 0 saturated heterocycles. The van der Waals surface area contributed by atoms with Gasteiger partial charge in [0.15, 0.2) is 0 Å². The van der Waals surface area contributed by atoms with Gasteiger partial charge in [0.2, 0.25) is 10.1 Å². The van der Waals surface area contributed by atoms with Crippen molar-refractivity contribution >= 4 is 16.5 Å². The van der Waals surface area contributed by atoms with Gasteiger partial charge in [0.1, 0.15) is 0 Å². The molecule has 0 aliphatic rings. The number of hydrogen-bond acceptors (Lipinski definition) is 6. The third-order valence-corrected chi connectivity index (χ3v) is 2.64. The molecule has 2 rings (SSSR count). The fourth-order valence-electron chi connectivity index (χ4n) is 1.00. The van der Waals surface area contributed by atoms with Crippen LogP contribution in [0.3, 0.4) is 0 Å². The number of halogens is 3. The molecule has 0 bridgehead atoms. The lowest BCUT2D eigenvalue weighted by molar-refractivity contribution is -0.138. The van der Waals surface area contributed by atoms with E-state index in [4.69, 9.17) is 0 Å². The Morgan fingerprint density at radius 2 is 2.06 bits per heavy atom. The summed E-state index contributed by atoms with van der Waals surface area (Å²) < 4.78 is 36.7. The predicted molar refractivity (Wildman–Crippen MR) is 54.3 cm³/mol. The maximum Gasteiger partial charge on any atom is 0.445 e. The minimum atomic E-state index is -4.45. The number of hydrogen-bond donors (Lipinski definition) is 1. The first-order valence-electron chi connectivity index (χ1n) is 4.47. The molecule has 2 aromatic heterocycles. The number of anilines is 1. The Hall–Kier alpha value is -1.77. The molecule has 0 aromatic carbocycles. The van der Waals surface area contributed by atoms with Crippen molar-refractivity contribution in [1.82, 2.24) is 20.4 Å². The molecule has 0 saturated carbocycles. The topological polar surface area (TPSA) is 63.6 Å². The van der Waals surface area contributed by atoms with Crippen molar-refractivity contribution in [1.29, 1.82) is 0 Å². The molecule has 1 N–H and O–H groups in total. The van der Waals surface area contributed by atoms with E-state index in [0.29, 0.717) is 17.0 Å². The van der Waals surface area contributed by atoms with Gasteiger partial charge in [0, 0.05) is 6.20 Å². The van der Waals surface area contributed by atoms with E-state index in [-0.39, 0.29) is 11.7 Å². The summed E-state index contributed by atoms with van der Waals surface area (Å²) in [5.41, 5.74) is 0.608. The third-order valence-electron chi connectivity index (χ3n) is 1.72. The molecule has 0 spiro atoms. The zero-order valence-electron chi connectivity index (χ0n) is 8.27. The van der Waals surface area contributed by atoms with Gasteiger partial charge in [-0.25, -0.2) is 0 Å². The van der Waals surface area contributed by atoms with E-state index in [1.807, 2.05) is 0 Å². The van der Waals surface area contributed by atoms with Crippen LogP contribution in [-0.4, -0.2) is 20.4 Å². The molecule has 0 atom stereocenters. The molecule has 0 aliphatic heterocycles. The second kappa shape index (κ2) is 4.62. The molecule has 2 heterocycles. The monoisotopic (exact) mass is 261 g/mol. The van der Waals surface area contributed by atoms with E-state index in [2.05, 4.69) is 25.7 Å². The summed E-state index contributed by atoms with van der Waals surface area (Å²) in [4.78, 5) is 0. The molecular formula is C8H6F3N5S. The molecule has 90 valence electrons. The van der Waals surface area contributed by atoms with Crippen LogP contribution < -0.4 is 5.32 Å². The van der Waals surface area contributed by atoms with E-state index >= 15 is 0 Å². The van der Waals surface area contributed by atoms with Gasteiger partial charge in [-0.3, -0.25) is 0 Å². The van der Waals surface area contributed by atoms with Crippen molar-refractivity contribution in [3.8, 4) is 0 Å². The highest BCUT2D eigenvalue weighted by Gasteiger charge is 2.35. The number of nitrogens with zero attached hydrogens (tertiary/aromatic N) is 4. The molecule has 0 fully saturated rings. The average molecular weight is 261 g/mol. The molecule has 9 heteroatoms. The number of rotatable bonds is 3. The number of alkyl halides is 3. The highest BCUT2D eigenvalue weighted by molar-refractivity contribution is 7.15. The lowest BCUT2D eigenvalue weighted by Gasteiger charge is -2.00. The van der Waals surface area contributed by atoms with Gasteiger partial charge in [0.05, 0.1) is 12.2 Å². The number of nitrogens with one attached hydrogen (secondary N) is 1.